The predicted octanol–water partition coefficient (Wildman–Crippen LogP) is 4.41. The van der Waals surface area contributed by atoms with E-state index in [1.54, 1.807) is 6.20 Å². The third-order valence-corrected chi connectivity index (χ3v) is 6.75. The molecule has 5 heteroatoms. The first-order chi connectivity index (χ1) is 15.1. The zero-order chi connectivity index (χ0) is 21.3. The van der Waals surface area contributed by atoms with Gasteiger partial charge in [0, 0.05) is 24.7 Å². The summed E-state index contributed by atoms with van der Waals surface area (Å²) in [5.41, 5.74) is 5.07. The molecule has 1 saturated heterocycles. The molecule has 31 heavy (non-hydrogen) atoms. The minimum Gasteiger partial charge on any atom is -0.487 e. The number of ether oxygens (including phenoxy) is 1. The number of rotatable bonds is 6. The number of aliphatic hydroxyl groups excluding tert-OH is 1. The summed E-state index contributed by atoms with van der Waals surface area (Å²) in [5, 5.41) is 9.75. The van der Waals surface area contributed by atoms with Gasteiger partial charge in [-0.25, -0.2) is 9.97 Å². The maximum absolute atomic E-state index is 9.75. The minimum absolute atomic E-state index is 0.147. The highest BCUT2D eigenvalue weighted by molar-refractivity contribution is 5.44. The van der Waals surface area contributed by atoms with Crippen molar-refractivity contribution in [3.8, 4) is 5.75 Å². The average molecular weight is 416 g/mol. The molecule has 1 aliphatic heterocycles. The molecule has 5 rings (SSSR count). The van der Waals surface area contributed by atoms with Gasteiger partial charge in [-0.3, -0.25) is 0 Å². The first-order valence-electron chi connectivity index (χ1n) is 11.2. The van der Waals surface area contributed by atoms with Crippen LogP contribution in [0.5, 0.6) is 5.75 Å². The average Bonchev–Trinajstić information content (AvgIpc) is 3.20. The van der Waals surface area contributed by atoms with Gasteiger partial charge in [-0.1, -0.05) is 48.4 Å². The van der Waals surface area contributed by atoms with E-state index in [9.17, 15) is 5.11 Å². The number of anilines is 1. The molecule has 3 aromatic rings. The lowest BCUT2D eigenvalue weighted by Gasteiger charge is -2.43. The molecule has 1 saturated carbocycles. The molecule has 5 nitrogen and oxygen atoms in total. The highest BCUT2D eigenvalue weighted by Crippen LogP contribution is 2.49. The van der Waals surface area contributed by atoms with E-state index in [2.05, 4.69) is 65.4 Å². The van der Waals surface area contributed by atoms with Gasteiger partial charge in [-0.15, -0.1) is 0 Å². The number of aromatic nitrogens is 2. The monoisotopic (exact) mass is 415 g/mol. The van der Waals surface area contributed by atoms with Crippen LogP contribution in [0.2, 0.25) is 0 Å². The van der Waals surface area contributed by atoms with Gasteiger partial charge in [0.05, 0.1) is 11.8 Å². The zero-order valence-electron chi connectivity index (χ0n) is 18.0. The fourth-order valence-corrected chi connectivity index (χ4v) is 4.72. The second-order valence-electron chi connectivity index (χ2n) is 8.85. The van der Waals surface area contributed by atoms with E-state index in [-0.39, 0.29) is 11.5 Å². The van der Waals surface area contributed by atoms with E-state index in [0.717, 1.165) is 24.4 Å². The SMILES string of the molecule is Cc1ccc(C2(c3ccc(OCc4ccnc(N5CC[C@H](O)C5)n4)cc3)CCC2)cc1. The number of hydrogen-bond acceptors (Lipinski definition) is 5. The molecule has 160 valence electrons. The number of nitrogens with zero attached hydrogens (tertiary/aromatic N) is 3. The molecule has 2 heterocycles. The first-order valence-corrected chi connectivity index (χ1v) is 11.2. The molecule has 1 aliphatic carbocycles. The minimum atomic E-state index is -0.291. The summed E-state index contributed by atoms with van der Waals surface area (Å²) < 4.78 is 6.01. The summed E-state index contributed by atoms with van der Waals surface area (Å²) in [6.45, 7) is 3.91. The fourth-order valence-electron chi connectivity index (χ4n) is 4.72. The molecule has 0 unspecified atom stereocenters. The topological polar surface area (TPSA) is 58.5 Å². The molecule has 0 spiro atoms. The van der Waals surface area contributed by atoms with Gasteiger partial charge in [0.1, 0.15) is 12.4 Å². The van der Waals surface area contributed by atoms with Gasteiger partial charge in [0.25, 0.3) is 0 Å². The van der Waals surface area contributed by atoms with Crippen molar-refractivity contribution in [2.24, 2.45) is 0 Å². The van der Waals surface area contributed by atoms with Crippen LogP contribution in [0, 0.1) is 6.92 Å². The molecule has 0 amide bonds. The van der Waals surface area contributed by atoms with E-state index in [1.807, 2.05) is 11.0 Å². The fraction of sp³-hybridized carbons (Fsp3) is 0.385. The Balaban J connectivity index is 1.26. The van der Waals surface area contributed by atoms with Crippen LogP contribution in [0.25, 0.3) is 0 Å². The van der Waals surface area contributed by atoms with Crippen LogP contribution < -0.4 is 9.64 Å². The zero-order valence-corrected chi connectivity index (χ0v) is 18.0. The molecule has 1 aromatic heterocycles. The molecule has 0 radical (unpaired) electrons. The molecule has 1 atom stereocenters. The highest BCUT2D eigenvalue weighted by atomic mass is 16.5. The predicted molar refractivity (Wildman–Crippen MR) is 121 cm³/mol. The Hall–Kier alpha value is -2.92. The van der Waals surface area contributed by atoms with Crippen LogP contribution in [-0.4, -0.2) is 34.3 Å². The Bertz CT molecular complexity index is 1030. The Labute approximate surface area is 183 Å². The van der Waals surface area contributed by atoms with Crippen LogP contribution in [0.3, 0.4) is 0 Å². The maximum atomic E-state index is 9.75. The van der Waals surface area contributed by atoms with E-state index < -0.39 is 0 Å². The van der Waals surface area contributed by atoms with Crippen LogP contribution >= 0.6 is 0 Å². The third kappa shape index (κ3) is 4.02. The first kappa shape index (κ1) is 20.0. The van der Waals surface area contributed by atoms with E-state index in [1.165, 1.54) is 36.0 Å². The van der Waals surface area contributed by atoms with Gasteiger partial charge >= 0.3 is 0 Å². The molecule has 2 aliphatic rings. The van der Waals surface area contributed by atoms with Crippen LogP contribution in [0.1, 0.15) is 48.1 Å². The van der Waals surface area contributed by atoms with E-state index in [4.69, 9.17) is 4.74 Å². The van der Waals surface area contributed by atoms with Crippen molar-refractivity contribution in [2.45, 2.75) is 50.7 Å². The second kappa shape index (κ2) is 8.31. The summed E-state index contributed by atoms with van der Waals surface area (Å²) in [4.78, 5) is 11.0. The van der Waals surface area contributed by atoms with E-state index >= 15 is 0 Å². The Kier molecular flexibility index (Phi) is 5.36. The molecule has 1 N–H and O–H groups in total. The van der Waals surface area contributed by atoms with Crippen molar-refractivity contribution in [1.82, 2.24) is 9.97 Å². The molecular formula is C26H29N3O2. The van der Waals surface area contributed by atoms with Crippen LogP contribution in [0.4, 0.5) is 5.95 Å². The van der Waals surface area contributed by atoms with Crippen molar-refractivity contribution >= 4 is 5.95 Å². The smallest absolute Gasteiger partial charge is 0.225 e. The molecule has 2 aromatic carbocycles. The van der Waals surface area contributed by atoms with Crippen LogP contribution in [-0.2, 0) is 12.0 Å². The largest absolute Gasteiger partial charge is 0.487 e. The molecular weight excluding hydrogens is 386 g/mol. The summed E-state index contributed by atoms with van der Waals surface area (Å²) in [7, 11) is 0. The summed E-state index contributed by atoms with van der Waals surface area (Å²) >= 11 is 0. The van der Waals surface area contributed by atoms with E-state index in [0.29, 0.717) is 19.1 Å². The van der Waals surface area contributed by atoms with Gasteiger partial charge in [-0.2, -0.15) is 0 Å². The summed E-state index contributed by atoms with van der Waals surface area (Å²) in [6.07, 6.45) is 5.91. The molecule has 0 bridgehead atoms. The van der Waals surface area contributed by atoms with Gasteiger partial charge in [0.2, 0.25) is 5.95 Å². The number of aliphatic hydroxyl groups is 1. The summed E-state index contributed by atoms with van der Waals surface area (Å²) in [6, 6.07) is 19.4. The van der Waals surface area contributed by atoms with Crippen molar-refractivity contribution < 1.29 is 9.84 Å². The lowest BCUT2D eigenvalue weighted by molar-refractivity contribution is 0.198. The Morgan fingerprint density at radius 2 is 1.74 bits per heavy atom. The third-order valence-electron chi connectivity index (χ3n) is 6.75. The standard InChI is InChI=1S/C26H29N3O2/c1-19-3-5-20(6-4-19)26(13-2-14-26)21-7-9-24(10-8-21)31-18-22-11-15-27-25(28-22)29-16-12-23(30)17-29/h3-11,15,23,30H,2,12-14,16-18H2,1H3/t23-/m0/s1. The number of benzene rings is 2. The lowest BCUT2D eigenvalue weighted by atomic mass is 9.60. The van der Waals surface area contributed by atoms with Crippen molar-refractivity contribution in [3.05, 3.63) is 83.2 Å². The molecule has 2 fully saturated rings. The number of aryl methyl sites for hydroxylation is 1. The quantitative estimate of drug-likeness (QED) is 0.646. The lowest BCUT2D eigenvalue weighted by Crippen LogP contribution is -2.35. The maximum Gasteiger partial charge on any atom is 0.225 e. The van der Waals surface area contributed by atoms with Gasteiger partial charge < -0.3 is 14.7 Å². The van der Waals surface area contributed by atoms with Gasteiger partial charge in [0.15, 0.2) is 0 Å². The number of β-amino-alcohol motifs (C(OH)–C–C–N with tert-alkyl or cyclic N) is 1. The van der Waals surface area contributed by atoms with Crippen molar-refractivity contribution in [1.29, 1.82) is 0 Å². The van der Waals surface area contributed by atoms with Crippen LogP contribution in [0.15, 0.2) is 60.8 Å². The van der Waals surface area contributed by atoms with Gasteiger partial charge in [-0.05, 0) is 55.5 Å². The normalized spacial score (nSPS) is 19.8. The van der Waals surface area contributed by atoms with Crippen molar-refractivity contribution in [3.63, 3.8) is 0 Å². The van der Waals surface area contributed by atoms with Crippen molar-refractivity contribution in [2.75, 3.05) is 18.0 Å². The Morgan fingerprint density at radius 1 is 1.03 bits per heavy atom. The summed E-state index contributed by atoms with van der Waals surface area (Å²) in [5.74, 6) is 1.51. The second-order valence-corrected chi connectivity index (χ2v) is 8.85. The number of hydrogen-bond donors (Lipinski definition) is 1. The highest BCUT2D eigenvalue weighted by Gasteiger charge is 2.40. The Morgan fingerprint density at radius 3 is 2.35 bits per heavy atom.